The molecule has 1 heterocycles. The summed E-state index contributed by atoms with van der Waals surface area (Å²) in [5.41, 5.74) is 2.13. The zero-order chi connectivity index (χ0) is 13.8. The highest BCUT2D eigenvalue weighted by Gasteiger charge is 2.19. The predicted octanol–water partition coefficient (Wildman–Crippen LogP) is 2.07. The first-order chi connectivity index (χ1) is 9.15. The van der Waals surface area contributed by atoms with Gasteiger partial charge >= 0.3 is 0 Å². The minimum atomic E-state index is -0.0864. The summed E-state index contributed by atoms with van der Waals surface area (Å²) >= 11 is 6.03. The Bertz CT molecular complexity index is 573. The number of halogens is 1. The van der Waals surface area contributed by atoms with Crippen LogP contribution in [0.5, 0.6) is 0 Å². The summed E-state index contributed by atoms with van der Waals surface area (Å²) < 4.78 is 1.51. The van der Waals surface area contributed by atoms with Crippen LogP contribution < -0.4 is 5.32 Å². The van der Waals surface area contributed by atoms with E-state index in [1.165, 1.54) is 10.9 Å². The first-order valence-corrected chi connectivity index (χ1v) is 6.47. The number of benzene rings is 1. The fourth-order valence-electron chi connectivity index (χ4n) is 2.01. The second-order valence-corrected chi connectivity index (χ2v) is 4.71. The highest BCUT2D eigenvalue weighted by atomic mass is 35.5. The molecule has 2 aromatic rings. The molecule has 0 fully saturated rings. The van der Waals surface area contributed by atoms with E-state index in [9.17, 15) is 4.79 Å². The second kappa shape index (κ2) is 5.99. The van der Waals surface area contributed by atoms with E-state index in [-0.39, 0.29) is 5.78 Å². The van der Waals surface area contributed by atoms with Gasteiger partial charge in [0.15, 0.2) is 0 Å². The highest BCUT2D eigenvalue weighted by molar-refractivity contribution is 6.34. The lowest BCUT2D eigenvalue weighted by Gasteiger charge is -2.09. The van der Waals surface area contributed by atoms with Gasteiger partial charge < -0.3 is 5.32 Å². The molecular weight excluding hydrogens is 262 g/mol. The van der Waals surface area contributed by atoms with Crippen LogP contribution in [0.3, 0.4) is 0 Å². The number of rotatable bonds is 5. The lowest BCUT2D eigenvalue weighted by molar-refractivity contribution is 0.102. The van der Waals surface area contributed by atoms with Crippen molar-refractivity contribution in [1.29, 1.82) is 0 Å². The average molecular weight is 278 g/mol. The molecule has 0 unspecified atom stereocenters. The molecule has 1 aromatic carbocycles. The topological polar surface area (TPSA) is 46.9 Å². The van der Waals surface area contributed by atoms with E-state index in [1.54, 1.807) is 7.05 Å². The van der Waals surface area contributed by atoms with Gasteiger partial charge in [0.25, 0.3) is 0 Å². The molecule has 0 spiro atoms. The quantitative estimate of drug-likeness (QED) is 0.851. The zero-order valence-corrected chi connectivity index (χ0v) is 11.7. The molecule has 0 saturated heterocycles. The summed E-state index contributed by atoms with van der Waals surface area (Å²) in [6, 6.07) is 7.60. The Morgan fingerprint density at radius 3 is 2.79 bits per heavy atom. The van der Waals surface area contributed by atoms with E-state index in [4.69, 9.17) is 11.6 Å². The van der Waals surface area contributed by atoms with Gasteiger partial charge in [0, 0.05) is 12.6 Å². The molecule has 0 atom stereocenters. The van der Waals surface area contributed by atoms with Crippen molar-refractivity contribution in [2.75, 3.05) is 13.6 Å². The molecule has 0 aliphatic heterocycles. The molecule has 0 aliphatic carbocycles. The van der Waals surface area contributed by atoms with Gasteiger partial charge in [-0.1, -0.05) is 35.9 Å². The molecule has 100 valence electrons. The Morgan fingerprint density at radius 2 is 2.16 bits per heavy atom. The van der Waals surface area contributed by atoms with Crippen LogP contribution in [0.15, 0.2) is 30.5 Å². The maximum absolute atomic E-state index is 12.6. The lowest BCUT2D eigenvalue weighted by atomic mass is 9.99. The van der Waals surface area contributed by atoms with E-state index in [2.05, 4.69) is 10.4 Å². The Kier molecular flexibility index (Phi) is 4.35. The molecule has 0 bridgehead atoms. The van der Waals surface area contributed by atoms with Gasteiger partial charge in [0.2, 0.25) is 5.78 Å². The third kappa shape index (κ3) is 2.85. The molecular formula is C14H16ClN3O. The van der Waals surface area contributed by atoms with E-state index < -0.39 is 0 Å². The summed E-state index contributed by atoms with van der Waals surface area (Å²) in [4.78, 5) is 12.6. The average Bonchev–Trinajstić information content (AvgIpc) is 2.75. The van der Waals surface area contributed by atoms with E-state index in [0.717, 1.165) is 18.5 Å². The van der Waals surface area contributed by atoms with Crippen LogP contribution in [-0.4, -0.2) is 29.2 Å². The number of nitrogens with one attached hydrogen (secondary N) is 1. The number of hydrogen-bond donors (Lipinski definition) is 1. The Labute approximate surface area is 117 Å². The number of hydrogen-bond acceptors (Lipinski definition) is 3. The number of aryl methyl sites for hydroxylation is 1. The lowest BCUT2D eigenvalue weighted by Crippen LogP contribution is -2.15. The Balaban J connectivity index is 2.39. The van der Waals surface area contributed by atoms with E-state index >= 15 is 0 Å². The van der Waals surface area contributed by atoms with Gasteiger partial charge in [-0.25, -0.2) is 0 Å². The van der Waals surface area contributed by atoms with Gasteiger partial charge in [0.05, 0.1) is 11.2 Å². The second-order valence-electron chi connectivity index (χ2n) is 4.30. The van der Waals surface area contributed by atoms with Gasteiger partial charge in [-0.3, -0.25) is 9.48 Å². The standard InChI is InChI=1S/C14H16ClN3O/c1-16-8-7-10-5-3-4-6-11(10)14(19)13-12(15)9-17-18(13)2/h3-6,9,16H,7-8H2,1-2H3. The van der Waals surface area contributed by atoms with Crippen molar-refractivity contribution < 1.29 is 4.79 Å². The third-order valence-corrected chi connectivity index (χ3v) is 3.29. The first kappa shape index (κ1) is 13.8. The minimum absolute atomic E-state index is 0.0864. The fourth-order valence-corrected chi connectivity index (χ4v) is 2.26. The maximum Gasteiger partial charge on any atom is 0.212 e. The summed E-state index contributed by atoms with van der Waals surface area (Å²) in [5, 5.41) is 7.48. The molecule has 5 heteroatoms. The van der Waals surface area contributed by atoms with Crippen LogP contribution in [0.1, 0.15) is 21.6 Å². The predicted molar refractivity (Wildman–Crippen MR) is 75.7 cm³/mol. The fraction of sp³-hybridized carbons (Fsp3) is 0.286. The van der Waals surface area contributed by atoms with Crippen molar-refractivity contribution >= 4 is 17.4 Å². The molecule has 2 rings (SSSR count). The zero-order valence-electron chi connectivity index (χ0n) is 11.0. The summed E-state index contributed by atoms with van der Waals surface area (Å²) in [6.45, 7) is 0.823. The van der Waals surface area contributed by atoms with Crippen molar-refractivity contribution in [3.63, 3.8) is 0 Å². The SMILES string of the molecule is CNCCc1ccccc1C(=O)c1c(Cl)cnn1C. The normalized spacial score (nSPS) is 10.7. The first-order valence-electron chi connectivity index (χ1n) is 6.10. The number of carbonyl (C=O) groups is 1. The molecule has 0 amide bonds. The van der Waals surface area contributed by atoms with Crippen molar-refractivity contribution in [1.82, 2.24) is 15.1 Å². The number of carbonyl (C=O) groups excluding carboxylic acids is 1. The van der Waals surface area contributed by atoms with Crippen molar-refractivity contribution in [3.8, 4) is 0 Å². The summed E-state index contributed by atoms with van der Waals surface area (Å²) in [7, 11) is 3.61. The number of ketones is 1. The molecule has 4 nitrogen and oxygen atoms in total. The van der Waals surface area contributed by atoms with Crippen LogP contribution in [0.4, 0.5) is 0 Å². The molecule has 0 aliphatic rings. The number of aromatic nitrogens is 2. The van der Waals surface area contributed by atoms with Crippen LogP contribution in [0.2, 0.25) is 5.02 Å². The molecule has 1 aromatic heterocycles. The van der Waals surface area contributed by atoms with Gasteiger partial charge in [-0.05, 0) is 25.6 Å². The molecule has 0 saturated carbocycles. The minimum Gasteiger partial charge on any atom is -0.319 e. The van der Waals surface area contributed by atoms with Gasteiger partial charge in [-0.2, -0.15) is 5.10 Å². The molecule has 19 heavy (non-hydrogen) atoms. The number of nitrogens with zero attached hydrogens (tertiary/aromatic N) is 2. The maximum atomic E-state index is 12.6. The van der Waals surface area contributed by atoms with E-state index in [0.29, 0.717) is 16.3 Å². The van der Waals surface area contributed by atoms with Crippen LogP contribution in [0.25, 0.3) is 0 Å². The van der Waals surface area contributed by atoms with E-state index in [1.807, 2.05) is 31.3 Å². The Hall–Kier alpha value is -1.65. The third-order valence-electron chi connectivity index (χ3n) is 3.02. The molecule has 0 radical (unpaired) electrons. The summed E-state index contributed by atoms with van der Waals surface area (Å²) in [5.74, 6) is -0.0864. The highest BCUT2D eigenvalue weighted by Crippen LogP contribution is 2.20. The monoisotopic (exact) mass is 277 g/mol. The van der Waals surface area contributed by atoms with Crippen LogP contribution in [0, 0.1) is 0 Å². The Morgan fingerprint density at radius 1 is 1.42 bits per heavy atom. The molecule has 1 N–H and O–H groups in total. The summed E-state index contributed by atoms with van der Waals surface area (Å²) in [6.07, 6.45) is 2.29. The smallest absolute Gasteiger partial charge is 0.212 e. The van der Waals surface area contributed by atoms with Crippen molar-refractivity contribution in [3.05, 3.63) is 52.3 Å². The van der Waals surface area contributed by atoms with Crippen molar-refractivity contribution in [2.24, 2.45) is 7.05 Å². The van der Waals surface area contributed by atoms with Crippen LogP contribution >= 0.6 is 11.6 Å². The van der Waals surface area contributed by atoms with Crippen LogP contribution in [-0.2, 0) is 13.5 Å². The number of likely N-dealkylation sites (N-methyl/N-ethyl adjacent to an activating group) is 1. The largest absolute Gasteiger partial charge is 0.319 e. The van der Waals surface area contributed by atoms with Crippen molar-refractivity contribution in [2.45, 2.75) is 6.42 Å². The van der Waals surface area contributed by atoms with Gasteiger partial charge in [-0.15, -0.1) is 0 Å². The van der Waals surface area contributed by atoms with Gasteiger partial charge in [0.1, 0.15) is 5.69 Å².